The quantitative estimate of drug-likeness (QED) is 0.757. The Morgan fingerprint density at radius 3 is 2.53 bits per heavy atom. The van der Waals surface area contributed by atoms with Gasteiger partial charge in [-0.05, 0) is 18.6 Å². The number of hydrogen-bond donors (Lipinski definition) is 1. The Labute approximate surface area is 89.0 Å². The van der Waals surface area contributed by atoms with Crippen LogP contribution in [0.1, 0.15) is 21.5 Å². The van der Waals surface area contributed by atoms with Gasteiger partial charge in [0.25, 0.3) is 0 Å². The largest absolute Gasteiger partial charge is 0.367 e. The number of benzene rings is 1. The molecule has 0 aliphatic carbocycles. The van der Waals surface area contributed by atoms with Crippen molar-refractivity contribution in [2.75, 3.05) is 0 Å². The highest BCUT2D eigenvalue weighted by molar-refractivity contribution is 5.97. The van der Waals surface area contributed by atoms with E-state index in [2.05, 4.69) is 4.98 Å². The van der Waals surface area contributed by atoms with E-state index in [0.717, 1.165) is 11.1 Å². The minimum Gasteiger partial charge on any atom is -0.367 e. The number of aryl methyl sites for hydroxylation is 1. The summed E-state index contributed by atoms with van der Waals surface area (Å²) in [5.41, 5.74) is 3.02. The molecule has 1 heterocycles. The summed E-state index contributed by atoms with van der Waals surface area (Å²) >= 11 is 0. The number of ketones is 1. The van der Waals surface area contributed by atoms with Gasteiger partial charge in [0.15, 0.2) is 5.78 Å². The Balaban J connectivity index is 2.09. The molecule has 15 heavy (non-hydrogen) atoms. The molecule has 0 bridgehead atoms. The second-order valence-electron chi connectivity index (χ2n) is 3.69. The van der Waals surface area contributed by atoms with Gasteiger partial charge in [0.05, 0.1) is 0 Å². The van der Waals surface area contributed by atoms with Crippen molar-refractivity contribution >= 4 is 5.78 Å². The van der Waals surface area contributed by atoms with Crippen LogP contribution in [0.25, 0.3) is 0 Å². The lowest BCUT2D eigenvalue weighted by Gasteiger charge is -1.99. The summed E-state index contributed by atoms with van der Waals surface area (Å²) in [4.78, 5) is 14.6. The van der Waals surface area contributed by atoms with E-state index in [0.29, 0.717) is 6.42 Å². The van der Waals surface area contributed by atoms with Crippen LogP contribution in [0.3, 0.4) is 0 Å². The fourth-order valence-electron chi connectivity index (χ4n) is 1.49. The lowest BCUT2D eigenvalue weighted by Crippen LogP contribution is -2.01. The number of aromatic amines is 1. The second-order valence-corrected chi connectivity index (χ2v) is 3.69. The zero-order valence-electron chi connectivity index (χ0n) is 8.66. The third kappa shape index (κ3) is 2.34. The molecular weight excluding hydrogens is 186 g/mol. The van der Waals surface area contributed by atoms with Gasteiger partial charge in [0.1, 0.15) is 0 Å². The Morgan fingerprint density at radius 2 is 1.93 bits per heavy atom. The maximum absolute atomic E-state index is 11.7. The van der Waals surface area contributed by atoms with Gasteiger partial charge < -0.3 is 4.98 Å². The maximum Gasteiger partial charge on any atom is 0.168 e. The van der Waals surface area contributed by atoms with Gasteiger partial charge in [-0.1, -0.05) is 29.8 Å². The molecule has 0 atom stereocenters. The summed E-state index contributed by atoms with van der Waals surface area (Å²) in [6.45, 7) is 2.04. The first-order valence-corrected chi connectivity index (χ1v) is 4.97. The molecule has 0 spiro atoms. The molecular formula is C13H13NO. The van der Waals surface area contributed by atoms with Crippen molar-refractivity contribution in [1.29, 1.82) is 0 Å². The topological polar surface area (TPSA) is 32.9 Å². The third-order valence-corrected chi connectivity index (χ3v) is 2.41. The van der Waals surface area contributed by atoms with Crippen molar-refractivity contribution in [3.05, 3.63) is 59.4 Å². The molecule has 0 aliphatic rings. The molecule has 0 saturated heterocycles. The Kier molecular flexibility index (Phi) is 2.68. The fourth-order valence-corrected chi connectivity index (χ4v) is 1.49. The molecule has 1 aromatic carbocycles. The van der Waals surface area contributed by atoms with Crippen LogP contribution in [-0.4, -0.2) is 10.8 Å². The van der Waals surface area contributed by atoms with Crippen LogP contribution < -0.4 is 0 Å². The smallest absolute Gasteiger partial charge is 0.168 e. The number of carbonyl (C=O) groups is 1. The van der Waals surface area contributed by atoms with Crippen molar-refractivity contribution in [2.45, 2.75) is 13.3 Å². The first-order valence-electron chi connectivity index (χ1n) is 4.97. The van der Waals surface area contributed by atoms with Crippen molar-refractivity contribution < 1.29 is 4.79 Å². The number of Topliss-reactive ketones (excluding diaryl/α,β-unsaturated/α-hetero) is 1. The standard InChI is InChI=1S/C13H13NO/c1-10-2-4-11(5-3-10)8-13(15)12-6-7-14-9-12/h2-7,9,14H,8H2,1H3. The van der Waals surface area contributed by atoms with E-state index in [-0.39, 0.29) is 5.78 Å². The van der Waals surface area contributed by atoms with Crippen molar-refractivity contribution in [3.63, 3.8) is 0 Å². The Morgan fingerprint density at radius 1 is 1.20 bits per heavy atom. The van der Waals surface area contributed by atoms with Crippen LogP contribution in [-0.2, 0) is 6.42 Å². The van der Waals surface area contributed by atoms with E-state index in [9.17, 15) is 4.79 Å². The average Bonchev–Trinajstić information content (AvgIpc) is 2.74. The summed E-state index contributed by atoms with van der Waals surface area (Å²) in [5.74, 6) is 0.153. The molecule has 0 amide bonds. The molecule has 2 aromatic rings. The molecule has 2 rings (SSSR count). The van der Waals surface area contributed by atoms with Gasteiger partial charge in [-0.25, -0.2) is 0 Å². The highest BCUT2D eigenvalue weighted by Gasteiger charge is 2.06. The van der Waals surface area contributed by atoms with Crippen LogP contribution in [0.2, 0.25) is 0 Å². The van der Waals surface area contributed by atoms with Gasteiger partial charge in [0, 0.05) is 24.4 Å². The number of aromatic nitrogens is 1. The highest BCUT2D eigenvalue weighted by Crippen LogP contribution is 2.08. The van der Waals surface area contributed by atoms with Gasteiger partial charge >= 0.3 is 0 Å². The lowest BCUT2D eigenvalue weighted by molar-refractivity contribution is 0.0993. The fraction of sp³-hybridized carbons (Fsp3) is 0.154. The minimum absolute atomic E-state index is 0.153. The predicted molar refractivity (Wildman–Crippen MR) is 60.0 cm³/mol. The van der Waals surface area contributed by atoms with Gasteiger partial charge in [-0.2, -0.15) is 0 Å². The second kappa shape index (κ2) is 4.13. The first kappa shape index (κ1) is 9.71. The molecule has 1 aromatic heterocycles. The first-order chi connectivity index (χ1) is 7.25. The lowest BCUT2D eigenvalue weighted by atomic mass is 10.0. The summed E-state index contributed by atoms with van der Waals surface area (Å²) < 4.78 is 0. The van der Waals surface area contributed by atoms with E-state index < -0.39 is 0 Å². The van der Waals surface area contributed by atoms with E-state index in [1.165, 1.54) is 5.56 Å². The van der Waals surface area contributed by atoms with E-state index >= 15 is 0 Å². The van der Waals surface area contributed by atoms with E-state index in [4.69, 9.17) is 0 Å². The molecule has 76 valence electrons. The number of carbonyl (C=O) groups excluding carboxylic acids is 1. The van der Waals surface area contributed by atoms with Crippen molar-refractivity contribution in [3.8, 4) is 0 Å². The van der Waals surface area contributed by atoms with Gasteiger partial charge in [-0.15, -0.1) is 0 Å². The number of hydrogen-bond acceptors (Lipinski definition) is 1. The monoisotopic (exact) mass is 199 g/mol. The zero-order chi connectivity index (χ0) is 10.7. The summed E-state index contributed by atoms with van der Waals surface area (Å²) in [7, 11) is 0. The normalized spacial score (nSPS) is 10.2. The van der Waals surface area contributed by atoms with Crippen molar-refractivity contribution in [1.82, 2.24) is 4.98 Å². The van der Waals surface area contributed by atoms with Crippen LogP contribution in [0, 0.1) is 6.92 Å². The molecule has 2 nitrogen and oxygen atoms in total. The Hall–Kier alpha value is -1.83. The average molecular weight is 199 g/mol. The molecule has 0 fully saturated rings. The number of nitrogens with one attached hydrogen (secondary N) is 1. The maximum atomic E-state index is 11.7. The predicted octanol–water partition coefficient (Wildman–Crippen LogP) is 2.75. The Bertz CT molecular complexity index is 440. The third-order valence-electron chi connectivity index (χ3n) is 2.41. The summed E-state index contributed by atoms with van der Waals surface area (Å²) in [6.07, 6.45) is 3.97. The van der Waals surface area contributed by atoms with Gasteiger partial charge in [0.2, 0.25) is 0 Å². The SMILES string of the molecule is Cc1ccc(CC(=O)c2cc[nH]c2)cc1. The summed E-state index contributed by atoms with van der Waals surface area (Å²) in [6, 6.07) is 9.86. The molecule has 0 saturated carbocycles. The summed E-state index contributed by atoms with van der Waals surface area (Å²) in [5, 5.41) is 0. The van der Waals surface area contributed by atoms with Crippen LogP contribution in [0.4, 0.5) is 0 Å². The van der Waals surface area contributed by atoms with E-state index in [1.807, 2.05) is 31.2 Å². The molecule has 1 N–H and O–H groups in total. The number of H-pyrrole nitrogens is 1. The molecule has 0 unspecified atom stereocenters. The van der Waals surface area contributed by atoms with Crippen LogP contribution in [0.5, 0.6) is 0 Å². The van der Waals surface area contributed by atoms with Gasteiger partial charge in [-0.3, -0.25) is 4.79 Å². The zero-order valence-corrected chi connectivity index (χ0v) is 8.66. The molecule has 0 radical (unpaired) electrons. The number of rotatable bonds is 3. The molecule has 2 heteroatoms. The van der Waals surface area contributed by atoms with Crippen LogP contribution in [0.15, 0.2) is 42.7 Å². The molecule has 0 aliphatic heterocycles. The van der Waals surface area contributed by atoms with Crippen molar-refractivity contribution in [2.24, 2.45) is 0 Å². The highest BCUT2D eigenvalue weighted by atomic mass is 16.1. The van der Waals surface area contributed by atoms with Crippen LogP contribution >= 0.6 is 0 Å². The minimum atomic E-state index is 0.153. The van der Waals surface area contributed by atoms with E-state index in [1.54, 1.807) is 18.5 Å².